The van der Waals surface area contributed by atoms with Crippen LogP contribution in [0.15, 0.2) is 60.9 Å². The van der Waals surface area contributed by atoms with Gasteiger partial charge in [-0.05, 0) is 54.8 Å². The number of alkyl halides is 3. The first kappa shape index (κ1) is 21.7. The molecule has 2 atom stereocenters. The van der Waals surface area contributed by atoms with Crippen molar-refractivity contribution in [3.63, 3.8) is 0 Å². The zero-order chi connectivity index (χ0) is 23.1. The first-order chi connectivity index (χ1) is 15.9. The average Bonchev–Trinajstić information content (AvgIpc) is 3.48. The number of benzene rings is 2. The molecule has 0 unspecified atom stereocenters. The molecule has 1 saturated heterocycles. The van der Waals surface area contributed by atoms with Crippen LogP contribution in [0.1, 0.15) is 35.8 Å². The molecule has 2 aliphatic heterocycles. The summed E-state index contributed by atoms with van der Waals surface area (Å²) in [6.45, 7) is 1.22. The van der Waals surface area contributed by atoms with Crippen LogP contribution in [-0.2, 0) is 10.9 Å². The molecule has 2 aromatic carbocycles. The SMILES string of the molecule is COc1ccc(-n2cnnc2C(F)(F)F)cc1C1=C[C@@]2(CCCN[C@H]2c2ccccc2)OC1. The molecule has 0 radical (unpaired) electrons. The van der Waals surface area contributed by atoms with Crippen molar-refractivity contribution in [2.45, 2.75) is 30.7 Å². The van der Waals surface area contributed by atoms with Crippen LogP contribution in [0.2, 0.25) is 0 Å². The van der Waals surface area contributed by atoms with Crippen LogP contribution in [0.5, 0.6) is 5.75 Å². The highest BCUT2D eigenvalue weighted by Gasteiger charge is 2.45. The third-order valence-corrected chi connectivity index (χ3v) is 6.24. The molecular weight excluding hydrogens is 433 g/mol. The number of hydrogen-bond donors (Lipinski definition) is 1. The van der Waals surface area contributed by atoms with Crippen molar-refractivity contribution >= 4 is 5.57 Å². The summed E-state index contributed by atoms with van der Waals surface area (Å²) < 4.78 is 53.0. The Morgan fingerprint density at radius 3 is 2.76 bits per heavy atom. The first-order valence-corrected chi connectivity index (χ1v) is 10.7. The third-order valence-electron chi connectivity index (χ3n) is 6.24. The van der Waals surface area contributed by atoms with Crippen LogP contribution in [0.3, 0.4) is 0 Å². The standard InChI is InChI=1S/C24H23F3N4O2/c1-32-20-9-8-18(31-15-29-30-22(31)24(25,26)27)12-19(20)17-13-23(33-14-17)10-5-11-28-21(23)16-6-3-2-4-7-16/h2-4,6-9,12-13,15,21,28H,5,10-11,14H2,1H3/t21-,23+/m0/s1. The van der Waals surface area contributed by atoms with Gasteiger partial charge in [0.05, 0.1) is 19.8 Å². The van der Waals surface area contributed by atoms with Crippen molar-refractivity contribution in [1.82, 2.24) is 20.1 Å². The zero-order valence-corrected chi connectivity index (χ0v) is 18.0. The van der Waals surface area contributed by atoms with Crippen molar-refractivity contribution in [1.29, 1.82) is 0 Å². The summed E-state index contributed by atoms with van der Waals surface area (Å²) in [7, 11) is 1.54. The van der Waals surface area contributed by atoms with Crippen molar-refractivity contribution in [2.75, 3.05) is 20.3 Å². The summed E-state index contributed by atoms with van der Waals surface area (Å²) in [6.07, 6.45) is 0.350. The summed E-state index contributed by atoms with van der Waals surface area (Å²) in [6, 6.07) is 15.0. The fourth-order valence-corrected chi connectivity index (χ4v) is 4.74. The van der Waals surface area contributed by atoms with Crippen molar-refractivity contribution in [3.8, 4) is 11.4 Å². The van der Waals surface area contributed by atoms with Crippen LogP contribution in [-0.4, -0.2) is 40.6 Å². The molecule has 0 aliphatic carbocycles. The molecule has 3 aromatic rings. The highest BCUT2D eigenvalue weighted by atomic mass is 19.4. The molecule has 6 nitrogen and oxygen atoms in total. The monoisotopic (exact) mass is 456 g/mol. The van der Waals surface area contributed by atoms with Gasteiger partial charge in [0.25, 0.3) is 0 Å². The van der Waals surface area contributed by atoms with Crippen molar-refractivity contribution in [3.05, 3.63) is 77.9 Å². The minimum Gasteiger partial charge on any atom is -0.496 e. The van der Waals surface area contributed by atoms with Gasteiger partial charge in [-0.2, -0.15) is 13.2 Å². The number of methoxy groups -OCH3 is 1. The van der Waals surface area contributed by atoms with Crippen LogP contribution in [0, 0.1) is 0 Å². The molecule has 2 aliphatic rings. The molecule has 1 N–H and O–H groups in total. The van der Waals surface area contributed by atoms with E-state index in [2.05, 4.69) is 33.7 Å². The second-order valence-electron chi connectivity index (χ2n) is 8.22. The predicted octanol–water partition coefficient (Wildman–Crippen LogP) is 4.57. The molecule has 1 fully saturated rings. The third kappa shape index (κ3) is 3.91. The van der Waals surface area contributed by atoms with Gasteiger partial charge >= 0.3 is 6.18 Å². The van der Waals surface area contributed by atoms with E-state index in [4.69, 9.17) is 9.47 Å². The summed E-state index contributed by atoms with van der Waals surface area (Å²) >= 11 is 0. The van der Waals surface area contributed by atoms with E-state index in [-0.39, 0.29) is 6.04 Å². The van der Waals surface area contributed by atoms with Crippen molar-refractivity contribution in [2.24, 2.45) is 0 Å². The van der Waals surface area contributed by atoms with Gasteiger partial charge in [0.2, 0.25) is 5.82 Å². The van der Waals surface area contributed by atoms with E-state index >= 15 is 0 Å². The second-order valence-corrected chi connectivity index (χ2v) is 8.22. The van der Waals surface area contributed by atoms with Crippen molar-refractivity contribution < 1.29 is 22.6 Å². The number of halogens is 3. The van der Waals surface area contributed by atoms with Gasteiger partial charge in [-0.15, -0.1) is 10.2 Å². The molecule has 9 heteroatoms. The quantitative estimate of drug-likeness (QED) is 0.623. The number of rotatable bonds is 4. The molecule has 0 amide bonds. The van der Waals surface area contributed by atoms with Gasteiger partial charge in [0, 0.05) is 11.3 Å². The molecule has 172 valence electrons. The van der Waals surface area contributed by atoms with E-state index < -0.39 is 17.6 Å². The van der Waals surface area contributed by atoms with E-state index in [1.165, 1.54) is 0 Å². The topological polar surface area (TPSA) is 61.2 Å². The molecular formula is C24H23F3N4O2. The fraction of sp³-hybridized carbons (Fsp3) is 0.333. The lowest BCUT2D eigenvalue weighted by molar-refractivity contribution is -0.146. The van der Waals surface area contributed by atoms with E-state index in [0.29, 0.717) is 23.6 Å². The smallest absolute Gasteiger partial charge is 0.452 e. The molecule has 33 heavy (non-hydrogen) atoms. The van der Waals surface area contributed by atoms with Crippen LogP contribution in [0.25, 0.3) is 11.3 Å². The Labute approximate surface area is 189 Å². The van der Waals surface area contributed by atoms with E-state index in [0.717, 1.165) is 41.4 Å². The normalized spacial score (nSPS) is 23.0. The maximum Gasteiger partial charge on any atom is 0.452 e. The molecule has 1 aromatic heterocycles. The Bertz CT molecular complexity index is 1180. The van der Waals surface area contributed by atoms with E-state index in [1.807, 2.05) is 18.2 Å². The Kier molecular flexibility index (Phi) is 5.46. The van der Waals surface area contributed by atoms with Gasteiger partial charge in [0.1, 0.15) is 17.7 Å². The Balaban J connectivity index is 1.56. The predicted molar refractivity (Wildman–Crippen MR) is 116 cm³/mol. The molecule has 0 saturated carbocycles. The Morgan fingerprint density at radius 2 is 2.00 bits per heavy atom. The maximum atomic E-state index is 13.4. The molecule has 0 bridgehead atoms. The van der Waals surface area contributed by atoms with Gasteiger partial charge in [-0.1, -0.05) is 30.3 Å². The first-order valence-electron chi connectivity index (χ1n) is 10.7. The highest BCUT2D eigenvalue weighted by molar-refractivity contribution is 5.75. The number of aromatic nitrogens is 3. The fourth-order valence-electron chi connectivity index (χ4n) is 4.74. The van der Waals surface area contributed by atoms with Gasteiger partial charge in [-0.25, -0.2) is 0 Å². The number of hydrogen-bond acceptors (Lipinski definition) is 5. The second kappa shape index (κ2) is 8.31. The molecule has 3 heterocycles. The number of piperidine rings is 1. The lowest BCUT2D eigenvalue weighted by Gasteiger charge is -2.40. The van der Waals surface area contributed by atoms with Gasteiger partial charge in [0.15, 0.2) is 0 Å². The number of nitrogens with zero attached hydrogens (tertiary/aromatic N) is 3. The van der Waals surface area contributed by atoms with E-state index in [1.54, 1.807) is 25.3 Å². The minimum absolute atomic E-state index is 0.0196. The van der Waals surface area contributed by atoms with Gasteiger partial charge < -0.3 is 14.8 Å². The Hall–Kier alpha value is -3.17. The summed E-state index contributed by atoms with van der Waals surface area (Å²) in [4.78, 5) is 0. The van der Waals surface area contributed by atoms with Crippen LogP contribution in [0.4, 0.5) is 13.2 Å². The maximum absolute atomic E-state index is 13.4. The number of nitrogens with one attached hydrogen (secondary N) is 1. The largest absolute Gasteiger partial charge is 0.496 e. The van der Waals surface area contributed by atoms with E-state index in [9.17, 15) is 13.2 Å². The minimum atomic E-state index is -4.62. The summed E-state index contributed by atoms with van der Waals surface area (Å²) in [5.41, 5.74) is 2.45. The Morgan fingerprint density at radius 1 is 1.18 bits per heavy atom. The van der Waals surface area contributed by atoms with Gasteiger partial charge in [-0.3, -0.25) is 4.57 Å². The summed E-state index contributed by atoms with van der Waals surface area (Å²) in [5.74, 6) is -0.514. The lowest BCUT2D eigenvalue weighted by atomic mass is 9.81. The summed E-state index contributed by atoms with van der Waals surface area (Å²) in [5, 5.41) is 10.3. The lowest BCUT2D eigenvalue weighted by Crippen LogP contribution is -2.47. The molecule has 1 spiro atoms. The molecule has 5 rings (SSSR count). The number of ether oxygens (including phenoxy) is 2. The zero-order valence-electron chi connectivity index (χ0n) is 18.0. The highest BCUT2D eigenvalue weighted by Crippen LogP contribution is 2.45. The van der Waals surface area contributed by atoms with Crippen LogP contribution < -0.4 is 10.1 Å². The average molecular weight is 456 g/mol. The van der Waals surface area contributed by atoms with Crippen LogP contribution >= 0.6 is 0 Å².